The summed E-state index contributed by atoms with van der Waals surface area (Å²) in [5.41, 5.74) is 1.31. The summed E-state index contributed by atoms with van der Waals surface area (Å²) in [4.78, 5) is 1.34. The van der Waals surface area contributed by atoms with Crippen molar-refractivity contribution in [3.05, 3.63) is 40.6 Å². The van der Waals surface area contributed by atoms with Gasteiger partial charge in [-0.05, 0) is 30.9 Å². The van der Waals surface area contributed by atoms with E-state index in [0.29, 0.717) is 0 Å². The molecule has 0 radical (unpaired) electrons. The van der Waals surface area contributed by atoms with Gasteiger partial charge in [0, 0.05) is 4.88 Å². The van der Waals surface area contributed by atoms with E-state index in [9.17, 15) is 0 Å². The molecule has 58 valence electrons. The molecule has 0 saturated heterocycles. The summed E-state index contributed by atoms with van der Waals surface area (Å²) in [6.45, 7) is 4.10. The standard InChI is InChI=1S/C10H12S/c1-3-6-9(4-2)10-7-5-8-11-10/h3-8H,1-2H3/b6-3-,9-4+. The third-order valence-electron chi connectivity index (χ3n) is 1.46. The van der Waals surface area contributed by atoms with Crippen molar-refractivity contribution in [1.29, 1.82) is 0 Å². The van der Waals surface area contributed by atoms with Crippen LogP contribution in [0, 0.1) is 0 Å². The monoisotopic (exact) mass is 164 g/mol. The molecule has 1 rings (SSSR count). The molecule has 0 aliphatic heterocycles. The van der Waals surface area contributed by atoms with E-state index in [2.05, 4.69) is 42.7 Å². The summed E-state index contributed by atoms with van der Waals surface area (Å²) in [5, 5.41) is 2.10. The number of rotatable bonds is 2. The van der Waals surface area contributed by atoms with Crippen molar-refractivity contribution >= 4 is 16.9 Å². The second kappa shape index (κ2) is 4.14. The van der Waals surface area contributed by atoms with E-state index in [1.54, 1.807) is 11.3 Å². The minimum absolute atomic E-state index is 1.31. The van der Waals surface area contributed by atoms with Crippen molar-refractivity contribution in [2.45, 2.75) is 13.8 Å². The van der Waals surface area contributed by atoms with Crippen LogP contribution in [0.25, 0.3) is 5.57 Å². The molecule has 0 aliphatic carbocycles. The molecule has 1 aromatic rings. The van der Waals surface area contributed by atoms with Gasteiger partial charge < -0.3 is 0 Å². The quantitative estimate of drug-likeness (QED) is 0.584. The van der Waals surface area contributed by atoms with Crippen LogP contribution in [0.3, 0.4) is 0 Å². The van der Waals surface area contributed by atoms with Crippen LogP contribution in [-0.2, 0) is 0 Å². The first-order chi connectivity index (χ1) is 5.38. The third-order valence-corrected chi connectivity index (χ3v) is 2.38. The Balaban J connectivity index is 2.89. The first-order valence-corrected chi connectivity index (χ1v) is 4.59. The van der Waals surface area contributed by atoms with Crippen molar-refractivity contribution in [1.82, 2.24) is 0 Å². The Morgan fingerprint density at radius 3 is 2.73 bits per heavy atom. The van der Waals surface area contributed by atoms with E-state index >= 15 is 0 Å². The Labute approximate surface area is 71.9 Å². The fourth-order valence-corrected chi connectivity index (χ4v) is 1.73. The zero-order valence-corrected chi connectivity index (χ0v) is 7.69. The van der Waals surface area contributed by atoms with Crippen molar-refractivity contribution in [2.24, 2.45) is 0 Å². The van der Waals surface area contributed by atoms with Crippen LogP contribution in [0.5, 0.6) is 0 Å². The second-order valence-corrected chi connectivity index (χ2v) is 3.17. The highest BCUT2D eigenvalue weighted by molar-refractivity contribution is 7.11. The smallest absolute Gasteiger partial charge is 0.0339 e. The molecule has 0 aliphatic rings. The van der Waals surface area contributed by atoms with Crippen molar-refractivity contribution in [3.63, 3.8) is 0 Å². The molecule has 0 unspecified atom stereocenters. The molecule has 0 nitrogen and oxygen atoms in total. The zero-order chi connectivity index (χ0) is 8.10. The van der Waals surface area contributed by atoms with Gasteiger partial charge in [-0.1, -0.05) is 24.3 Å². The van der Waals surface area contributed by atoms with Crippen LogP contribution in [0.4, 0.5) is 0 Å². The van der Waals surface area contributed by atoms with E-state index in [-0.39, 0.29) is 0 Å². The molecule has 11 heavy (non-hydrogen) atoms. The minimum atomic E-state index is 1.31. The number of hydrogen-bond acceptors (Lipinski definition) is 1. The lowest BCUT2D eigenvalue weighted by atomic mass is 10.2. The highest BCUT2D eigenvalue weighted by Crippen LogP contribution is 2.20. The van der Waals surface area contributed by atoms with Gasteiger partial charge in [0.2, 0.25) is 0 Å². The zero-order valence-electron chi connectivity index (χ0n) is 6.87. The fraction of sp³-hybridized carbons (Fsp3) is 0.200. The van der Waals surface area contributed by atoms with Gasteiger partial charge in [0.25, 0.3) is 0 Å². The molecule has 1 aromatic heterocycles. The van der Waals surface area contributed by atoms with Gasteiger partial charge in [0.15, 0.2) is 0 Å². The number of hydrogen-bond donors (Lipinski definition) is 0. The Kier molecular flexibility index (Phi) is 3.12. The summed E-state index contributed by atoms with van der Waals surface area (Å²) < 4.78 is 0. The highest BCUT2D eigenvalue weighted by atomic mass is 32.1. The normalized spacial score (nSPS) is 12.7. The predicted molar refractivity (Wildman–Crippen MR) is 52.8 cm³/mol. The van der Waals surface area contributed by atoms with Gasteiger partial charge >= 0.3 is 0 Å². The third kappa shape index (κ3) is 2.05. The highest BCUT2D eigenvalue weighted by Gasteiger charge is 1.94. The lowest BCUT2D eigenvalue weighted by molar-refractivity contribution is 1.68. The summed E-state index contributed by atoms with van der Waals surface area (Å²) >= 11 is 1.78. The van der Waals surface area contributed by atoms with Gasteiger partial charge in [0.1, 0.15) is 0 Å². The van der Waals surface area contributed by atoms with Gasteiger partial charge in [-0.2, -0.15) is 0 Å². The first-order valence-electron chi connectivity index (χ1n) is 3.71. The largest absolute Gasteiger partial charge is 0.144 e. The molecule has 1 heterocycles. The van der Waals surface area contributed by atoms with Crippen molar-refractivity contribution in [2.75, 3.05) is 0 Å². The molecule has 0 amide bonds. The molecule has 0 atom stereocenters. The van der Waals surface area contributed by atoms with E-state index in [1.807, 2.05) is 6.92 Å². The van der Waals surface area contributed by atoms with Crippen LogP contribution >= 0.6 is 11.3 Å². The summed E-state index contributed by atoms with van der Waals surface area (Å²) in [7, 11) is 0. The maximum Gasteiger partial charge on any atom is 0.0339 e. The van der Waals surface area contributed by atoms with Crippen LogP contribution in [0.2, 0.25) is 0 Å². The van der Waals surface area contributed by atoms with Gasteiger partial charge in [-0.25, -0.2) is 0 Å². The maximum atomic E-state index is 2.14. The molecular weight excluding hydrogens is 152 g/mol. The number of thiophene rings is 1. The molecule has 0 N–H and O–H groups in total. The molecule has 1 heteroatoms. The average Bonchev–Trinajstić information content (AvgIpc) is 2.52. The molecule has 0 fully saturated rings. The summed E-state index contributed by atoms with van der Waals surface area (Å²) in [6.07, 6.45) is 6.33. The molecule has 0 aromatic carbocycles. The molecule has 0 spiro atoms. The lowest BCUT2D eigenvalue weighted by Gasteiger charge is -1.94. The predicted octanol–water partition coefficient (Wildman–Crippen LogP) is 3.73. The van der Waals surface area contributed by atoms with E-state index in [0.717, 1.165) is 0 Å². The molecular formula is C10H12S. The summed E-state index contributed by atoms with van der Waals surface area (Å²) in [6, 6.07) is 4.22. The van der Waals surface area contributed by atoms with Crippen molar-refractivity contribution < 1.29 is 0 Å². The lowest BCUT2D eigenvalue weighted by Crippen LogP contribution is -1.70. The van der Waals surface area contributed by atoms with Crippen LogP contribution in [-0.4, -0.2) is 0 Å². The SMILES string of the molecule is C/C=C\C(=C/C)c1cccs1. The fourth-order valence-electron chi connectivity index (χ4n) is 0.943. The van der Waals surface area contributed by atoms with Gasteiger partial charge in [0.05, 0.1) is 0 Å². The first kappa shape index (κ1) is 8.28. The van der Waals surface area contributed by atoms with Gasteiger partial charge in [-0.3, -0.25) is 0 Å². The van der Waals surface area contributed by atoms with Crippen LogP contribution in [0.1, 0.15) is 18.7 Å². The Hall–Kier alpha value is -0.820. The molecule has 0 saturated carbocycles. The minimum Gasteiger partial charge on any atom is -0.144 e. The second-order valence-electron chi connectivity index (χ2n) is 2.22. The van der Waals surface area contributed by atoms with Crippen molar-refractivity contribution in [3.8, 4) is 0 Å². The molecule has 0 bridgehead atoms. The number of allylic oxidation sites excluding steroid dienone is 4. The van der Waals surface area contributed by atoms with Crippen LogP contribution in [0.15, 0.2) is 35.7 Å². The Bertz CT molecular complexity index is 252. The maximum absolute atomic E-state index is 2.14. The van der Waals surface area contributed by atoms with Gasteiger partial charge in [-0.15, -0.1) is 11.3 Å². The van der Waals surface area contributed by atoms with E-state index in [1.165, 1.54) is 10.5 Å². The van der Waals surface area contributed by atoms with E-state index < -0.39 is 0 Å². The van der Waals surface area contributed by atoms with E-state index in [4.69, 9.17) is 0 Å². The van der Waals surface area contributed by atoms with Crippen LogP contribution < -0.4 is 0 Å². The Morgan fingerprint density at radius 1 is 1.45 bits per heavy atom. The summed E-state index contributed by atoms with van der Waals surface area (Å²) in [5.74, 6) is 0. The average molecular weight is 164 g/mol. The Morgan fingerprint density at radius 2 is 2.27 bits per heavy atom. The topological polar surface area (TPSA) is 0 Å².